The molecule has 1 atom stereocenters. The number of amides is 2. The van der Waals surface area contributed by atoms with Gasteiger partial charge in [0.05, 0.1) is 16.1 Å². The molecule has 164 valence electrons. The Balaban J connectivity index is 0.00000155. The van der Waals surface area contributed by atoms with Gasteiger partial charge in [0.1, 0.15) is 6.04 Å². The fourth-order valence-electron chi connectivity index (χ4n) is 3.55. The van der Waals surface area contributed by atoms with E-state index in [0.717, 1.165) is 29.7 Å². The van der Waals surface area contributed by atoms with Gasteiger partial charge in [-0.25, -0.2) is 4.98 Å². The van der Waals surface area contributed by atoms with Crippen molar-refractivity contribution in [3.05, 3.63) is 41.0 Å². The first-order chi connectivity index (χ1) is 14.2. The van der Waals surface area contributed by atoms with Gasteiger partial charge in [0.15, 0.2) is 0 Å². The largest absolute Gasteiger partial charge is 0.350 e. The van der Waals surface area contributed by atoms with Gasteiger partial charge in [-0.15, -0.1) is 11.3 Å². The average Bonchev–Trinajstić information content (AvgIpc) is 3.36. The van der Waals surface area contributed by atoms with Crippen LogP contribution in [0.4, 0.5) is 0 Å². The van der Waals surface area contributed by atoms with Crippen molar-refractivity contribution in [2.75, 3.05) is 13.6 Å². The van der Waals surface area contributed by atoms with Crippen LogP contribution in [0.3, 0.4) is 0 Å². The van der Waals surface area contributed by atoms with E-state index in [1.807, 2.05) is 45.3 Å². The molecule has 3 rings (SSSR count). The lowest BCUT2D eigenvalue weighted by Crippen LogP contribution is -2.46. The third-order valence-corrected chi connectivity index (χ3v) is 5.96. The molecule has 7 heteroatoms. The molecule has 1 aliphatic heterocycles. The fourth-order valence-corrected chi connectivity index (χ4v) is 4.36. The summed E-state index contributed by atoms with van der Waals surface area (Å²) in [6, 6.07) is 7.86. The number of nitrogens with two attached hydrogens (primary N) is 1. The van der Waals surface area contributed by atoms with Crippen LogP contribution in [-0.4, -0.2) is 41.3 Å². The molecular formula is C23H34N4O2S. The van der Waals surface area contributed by atoms with Gasteiger partial charge in [-0.3, -0.25) is 9.59 Å². The Morgan fingerprint density at radius 2 is 1.90 bits per heavy atom. The first kappa shape index (κ1) is 24.0. The predicted molar refractivity (Wildman–Crippen MR) is 123 cm³/mol. The van der Waals surface area contributed by atoms with Gasteiger partial charge < -0.3 is 16.0 Å². The zero-order chi connectivity index (χ0) is 22.3. The Hall–Kier alpha value is -2.25. The normalized spacial score (nSPS) is 16.1. The first-order valence-corrected chi connectivity index (χ1v) is 11.3. The summed E-state index contributed by atoms with van der Waals surface area (Å²) in [5, 5.41) is 3.01. The standard InChI is InChI=1S/C22H29N3O2S.CH5N/c1-15-20(28-14-24-15)17-9-7-16(8-10-17)13-23-21(27)18-6-5-11-25(18)19(26)12-22(2,3)4;1-2/h7-10,14,18H,5-6,11-13H2,1-4H3,(H,23,27);2H2,1H3. The monoisotopic (exact) mass is 430 g/mol. The Morgan fingerprint density at radius 1 is 1.23 bits per heavy atom. The molecule has 0 spiro atoms. The van der Waals surface area contributed by atoms with E-state index >= 15 is 0 Å². The third-order valence-electron chi connectivity index (χ3n) is 4.99. The summed E-state index contributed by atoms with van der Waals surface area (Å²) in [5.41, 5.74) is 9.51. The number of benzene rings is 1. The zero-order valence-corrected chi connectivity index (χ0v) is 19.5. The van der Waals surface area contributed by atoms with Crippen LogP contribution < -0.4 is 11.1 Å². The first-order valence-electron chi connectivity index (χ1n) is 10.4. The summed E-state index contributed by atoms with van der Waals surface area (Å²) in [6.45, 7) is 9.30. The van der Waals surface area contributed by atoms with E-state index in [2.05, 4.69) is 28.2 Å². The van der Waals surface area contributed by atoms with Gasteiger partial charge in [-0.05, 0) is 43.4 Å². The second kappa shape index (κ2) is 10.7. The lowest BCUT2D eigenvalue weighted by atomic mass is 9.91. The van der Waals surface area contributed by atoms with Crippen molar-refractivity contribution >= 4 is 23.2 Å². The molecule has 1 aromatic carbocycles. The number of carbonyl (C=O) groups is 2. The van der Waals surface area contributed by atoms with Gasteiger partial charge in [-0.2, -0.15) is 0 Å². The van der Waals surface area contributed by atoms with Crippen molar-refractivity contribution in [3.8, 4) is 10.4 Å². The highest BCUT2D eigenvalue weighted by atomic mass is 32.1. The van der Waals surface area contributed by atoms with E-state index in [0.29, 0.717) is 19.5 Å². The topological polar surface area (TPSA) is 88.3 Å². The Morgan fingerprint density at radius 3 is 2.47 bits per heavy atom. The molecule has 2 amide bonds. The predicted octanol–water partition coefficient (Wildman–Crippen LogP) is 3.74. The second-order valence-electron chi connectivity index (χ2n) is 8.66. The number of nitrogens with zero attached hydrogens (tertiary/aromatic N) is 2. The van der Waals surface area contributed by atoms with E-state index in [4.69, 9.17) is 0 Å². The number of likely N-dealkylation sites (tertiary alicyclic amines) is 1. The van der Waals surface area contributed by atoms with Crippen molar-refractivity contribution in [3.63, 3.8) is 0 Å². The molecular weight excluding hydrogens is 396 g/mol. The molecule has 0 bridgehead atoms. The average molecular weight is 431 g/mol. The maximum absolute atomic E-state index is 12.7. The lowest BCUT2D eigenvalue weighted by molar-refractivity contribution is -0.139. The molecule has 1 aromatic heterocycles. The highest BCUT2D eigenvalue weighted by Gasteiger charge is 2.35. The van der Waals surface area contributed by atoms with E-state index < -0.39 is 0 Å². The summed E-state index contributed by atoms with van der Waals surface area (Å²) in [5.74, 6) is 0.0246. The van der Waals surface area contributed by atoms with Crippen molar-refractivity contribution in [2.24, 2.45) is 11.1 Å². The smallest absolute Gasteiger partial charge is 0.243 e. The molecule has 0 saturated carbocycles. The van der Waals surface area contributed by atoms with E-state index in [9.17, 15) is 9.59 Å². The summed E-state index contributed by atoms with van der Waals surface area (Å²) >= 11 is 1.63. The minimum Gasteiger partial charge on any atom is -0.350 e. The number of hydrogen-bond donors (Lipinski definition) is 2. The molecule has 1 saturated heterocycles. The molecule has 1 aliphatic rings. The summed E-state index contributed by atoms with van der Waals surface area (Å²) < 4.78 is 0. The van der Waals surface area contributed by atoms with Crippen LogP contribution in [0.2, 0.25) is 0 Å². The van der Waals surface area contributed by atoms with E-state index in [1.165, 1.54) is 11.9 Å². The van der Waals surface area contributed by atoms with Crippen LogP contribution in [0.25, 0.3) is 10.4 Å². The Labute approximate surface area is 183 Å². The SMILES string of the molecule is CN.Cc1ncsc1-c1ccc(CNC(=O)C2CCCN2C(=O)CC(C)(C)C)cc1. The van der Waals surface area contributed by atoms with Crippen LogP contribution in [-0.2, 0) is 16.1 Å². The van der Waals surface area contributed by atoms with Crippen LogP contribution in [0.15, 0.2) is 29.8 Å². The van der Waals surface area contributed by atoms with Gasteiger partial charge >= 0.3 is 0 Å². The van der Waals surface area contributed by atoms with Crippen molar-refractivity contribution in [1.29, 1.82) is 0 Å². The Kier molecular flexibility index (Phi) is 8.55. The molecule has 2 heterocycles. The van der Waals surface area contributed by atoms with Gasteiger partial charge in [0.25, 0.3) is 0 Å². The number of thiazole rings is 1. The van der Waals surface area contributed by atoms with Gasteiger partial charge in [0, 0.05) is 19.5 Å². The molecule has 1 unspecified atom stereocenters. The minimum absolute atomic E-state index is 0.0536. The maximum atomic E-state index is 12.7. The molecule has 6 nitrogen and oxygen atoms in total. The molecule has 3 N–H and O–H groups in total. The minimum atomic E-state index is -0.339. The number of aryl methyl sites for hydroxylation is 1. The maximum Gasteiger partial charge on any atom is 0.243 e. The number of rotatable bonds is 5. The summed E-state index contributed by atoms with van der Waals surface area (Å²) in [6.07, 6.45) is 2.09. The quantitative estimate of drug-likeness (QED) is 0.756. The number of carbonyl (C=O) groups excluding carboxylic acids is 2. The highest BCUT2D eigenvalue weighted by molar-refractivity contribution is 7.13. The molecule has 0 radical (unpaired) electrons. The van der Waals surface area contributed by atoms with Crippen LogP contribution in [0, 0.1) is 12.3 Å². The Bertz CT molecular complexity index is 840. The van der Waals surface area contributed by atoms with Crippen LogP contribution in [0.5, 0.6) is 0 Å². The fraction of sp³-hybridized carbons (Fsp3) is 0.522. The van der Waals surface area contributed by atoms with E-state index in [1.54, 1.807) is 16.2 Å². The summed E-state index contributed by atoms with van der Waals surface area (Å²) in [7, 11) is 1.50. The molecule has 1 fully saturated rings. The number of aromatic nitrogens is 1. The van der Waals surface area contributed by atoms with Crippen LogP contribution in [0.1, 0.15) is 51.3 Å². The third kappa shape index (κ3) is 6.37. The van der Waals surface area contributed by atoms with E-state index in [-0.39, 0.29) is 23.3 Å². The van der Waals surface area contributed by atoms with Gasteiger partial charge in [0.2, 0.25) is 11.8 Å². The summed E-state index contributed by atoms with van der Waals surface area (Å²) in [4.78, 5) is 32.5. The molecule has 2 aromatic rings. The molecule has 30 heavy (non-hydrogen) atoms. The zero-order valence-electron chi connectivity index (χ0n) is 18.7. The number of hydrogen-bond acceptors (Lipinski definition) is 5. The molecule has 0 aliphatic carbocycles. The number of nitrogens with one attached hydrogen (secondary N) is 1. The van der Waals surface area contributed by atoms with Crippen LogP contribution >= 0.6 is 11.3 Å². The van der Waals surface area contributed by atoms with Crippen molar-refractivity contribution in [2.45, 2.75) is 59.5 Å². The van der Waals surface area contributed by atoms with Crippen molar-refractivity contribution < 1.29 is 9.59 Å². The highest BCUT2D eigenvalue weighted by Crippen LogP contribution is 2.27. The van der Waals surface area contributed by atoms with Crippen molar-refractivity contribution in [1.82, 2.24) is 15.2 Å². The lowest BCUT2D eigenvalue weighted by Gasteiger charge is -2.27. The second-order valence-corrected chi connectivity index (χ2v) is 9.52. The van der Waals surface area contributed by atoms with Gasteiger partial charge in [-0.1, -0.05) is 45.0 Å².